The van der Waals surface area contributed by atoms with E-state index in [4.69, 9.17) is 9.84 Å². The molecule has 0 radical (unpaired) electrons. The minimum absolute atomic E-state index is 0.121. The molecule has 0 aliphatic rings. The summed E-state index contributed by atoms with van der Waals surface area (Å²) in [5.41, 5.74) is 0.610. The minimum Gasteiger partial charge on any atom is -0.496 e. The van der Waals surface area contributed by atoms with Crippen LogP contribution in [0.25, 0.3) is 0 Å². The summed E-state index contributed by atoms with van der Waals surface area (Å²) < 4.78 is 5.24. The van der Waals surface area contributed by atoms with Gasteiger partial charge in [-0.15, -0.1) is 0 Å². The fraction of sp³-hybridized carbons (Fsp3) is 0.462. The van der Waals surface area contributed by atoms with E-state index in [9.17, 15) is 9.90 Å². The van der Waals surface area contributed by atoms with Crippen LogP contribution in [0.1, 0.15) is 25.0 Å². The molecule has 2 N–H and O–H groups in total. The van der Waals surface area contributed by atoms with Gasteiger partial charge in [-0.05, 0) is 25.8 Å². The van der Waals surface area contributed by atoms with Gasteiger partial charge in [-0.3, -0.25) is 4.79 Å². The number of carboxylic acid groups (broad SMARTS) is 1. The molecule has 4 heteroatoms. The van der Waals surface area contributed by atoms with Crippen molar-refractivity contribution in [3.05, 3.63) is 29.3 Å². The summed E-state index contributed by atoms with van der Waals surface area (Å²) in [6.07, 6.45) is 0.360. The lowest BCUT2D eigenvalue weighted by atomic mass is 9.85. The molecule has 1 aromatic rings. The van der Waals surface area contributed by atoms with Gasteiger partial charge in [0, 0.05) is 5.56 Å². The van der Waals surface area contributed by atoms with Crippen LogP contribution in [0.5, 0.6) is 5.75 Å². The highest BCUT2D eigenvalue weighted by Gasteiger charge is 2.28. The Morgan fingerprint density at radius 2 is 1.94 bits per heavy atom. The normalized spacial score (nSPS) is 11.3. The Kier molecular flexibility index (Phi) is 4.12. The number of carboxylic acids is 1. The average molecular weight is 238 g/mol. The molecule has 0 fully saturated rings. The number of rotatable bonds is 5. The highest BCUT2D eigenvalue weighted by atomic mass is 16.5. The van der Waals surface area contributed by atoms with E-state index in [0.717, 1.165) is 5.56 Å². The van der Waals surface area contributed by atoms with Crippen molar-refractivity contribution in [2.24, 2.45) is 5.41 Å². The second-order valence-electron chi connectivity index (χ2n) is 4.63. The molecule has 0 atom stereocenters. The van der Waals surface area contributed by atoms with Crippen LogP contribution < -0.4 is 4.74 Å². The first-order chi connectivity index (χ1) is 7.92. The van der Waals surface area contributed by atoms with Crippen molar-refractivity contribution < 1.29 is 19.7 Å². The van der Waals surface area contributed by atoms with Crippen LogP contribution in [-0.4, -0.2) is 23.3 Å². The van der Waals surface area contributed by atoms with Crippen LogP contribution in [0.3, 0.4) is 0 Å². The topological polar surface area (TPSA) is 66.8 Å². The zero-order valence-corrected chi connectivity index (χ0v) is 10.4. The van der Waals surface area contributed by atoms with E-state index in [1.165, 1.54) is 7.11 Å². The van der Waals surface area contributed by atoms with Crippen molar-refractivity contribution in [2.45, 2.75) is 26.9 Å². The molecule has 0 saturated heterocycles. The Morgan fingerprint density at radius 3 is 2.41 bits per heavy atom. The van der Waals surface area contributed by atoms with Crippen molar-refractivity contribution in [2.75, 3.05) is 7.11 Å². The number of hydrogen-bond donors (Lipinski definition) is 2. The lowest BCUT2D eigenvalue weighted by Crippen LogP contribution is -2.26. The van der Waals surface area contributed by atoms with Crippen molar-refractivity contribution in [3.8, 4) is 5.75 Å². The first kappa shape index (κ1) is 13.5. The minimum atomic E-state index is -0.860. The van der Waals surface area contributed by atoms with Crippen LogP contribution in [0.4, 0.5) is 0 Å². The highest BCUT2D eigenvalue weighted by Crippen LogP contribution is 2.30. The number of benzene rings is 1. The van der Waals surface area contributed by atoms with Crippen molar-refractivity contribution in [1.82, 2.24) is 0 Å². The number of carbonyl (C=O) groups is 1. The van der Waals surface area contributed by atoms with E-state index < -0.39 is 11.4 Å². The van der Waals surface area contributed by atoms with Gasteiger partial charge in [0.1, 0.15) is 5.75 Å². The number of aliphatic hydroxyl groups is 1. The number of aliphatic carboxylic acids is 1. The summed E-state index contributed by atoms with van der Waals surface area (Å²) in [6.45, 7) is 3.21. The van der Waals surface area contributed by atoms with Gasteiger partial charge in [-0.1, -0.05) is 18.2 Å². The summed E-state index contributed by atoms with van der Waals surface area (Å²) in [5, 5.41) is 18.3. The molecule has 0 spiro atoms. The van der Waals surface area contributed by atoms with Gasteiger partial charge in [0.25, 0.3) is 0 Å². The third-order valence-electron chi connectivity index (χ3n) is 2.76. The molecule has 1 rings (SSSR count). The van der Waals surface area contributed by atoms with Crippen molar-refractivity contribution in [1.29, 1.82) is 0 Å². The van der Waals surface area contributed by atoms with E-state index in [2.05, 4.69) is 0 Å². The molecule has 4 nitrogen and oxygen atoms in total. The average Bonchev–Trinajstić information content (AvgIpc) is 2.27. The molecular weight excluding hydrogens is 220 g/mol. The maximum Gasteiger partial charge on any atom is 0.309 e. The van der Waals surface area contributed by atoms with E-state index in [1.54, 1.807) is 26.0 Å². The molecule has 0 aliphatic heterocycles. The van der Waals surface area contributed by atoms with E-state index in [0.29, 0.717) is 17.7 Å². The lowest BCUT2D eigenvalue weighted by molar-refractivity contribution is -0.146. The van der Waals surface area contributed by atoms with Gasteiger partial charge >= 0.3 is 5.97 Å². The first-order valence-electron chi connectivity index (χ1n) is 5.41. The predicted molar refractivity (Wildman–Crippen MR) is 64.0 cm³/mol. The lowest BCUT2D eigenvalue weighted by Gasteiger charge is -2.21. The van der Waals surface area contributed by atoms with Crippen molar-refractivity contribution >= 4 is 5.97 Å². The second kappa shape index (κ2) is 5.19. The second-order valence-corrected chi connectivity index (χ2v) is 4.63. The maximum atomic E-state index is 11.1. The molecule has 1 aromatic carbocycles. The first-order valence-corrected chi connectivity index (χ1v) is 5.41. The number of ether oxygens (including phenoxy) is 1. The maximum absolute atomic E-state index is 11.1. The number of hydrogen-bond acceptors (Lipinski definition) is 3. The summed E-state index contributed by atoms with van der Waals surface area (Å²) in [6, 6.07) is 5.38. The molecule has 94 valence electrons. The molecule has 0 amide bonds. The monoisotopic (exact) mass is 238 g/mol. The van der Waals surface area contributed by atoms with E-state index in [-0.39, 0.29) is 6.61 Å². The third-order valence-corrected chi connectivity index (χ3v) is 2.76. The molecular formula is C13H18O4. The Labute approximate surface area is 101 Å². The largest absolute Gasteiger partial charge is 0.496 e. The standard InChI is InChI=1S/C13H18O4/c1-13(2,12(15)16)7-9-5-4-6-10(8-14)11(9)17-3/h4-6,14H,7-8H2,1-3H3,(H,15,16). The molecule has 0 aliphatic carbocycles. The fourth-order valence-corrected chi connectivity index (χ4v) is 1.72. The molecule has 17 heavy (non-hydrogen) atoms. The molecule has 0 heterocycles. The SMILES string of the molecule is COc1c(CO)cccc1CC(C)(C)C(=O)O. The van der Waals surface area contributed by atoms with Crippen LogP contribution in [0.15, 0.2) is 18.2 Å². The zero-order valence-electron chi connectivity index (χ0n) is 10.4. The molecule has 0 unspecified atom stereocenters. The smallest absolute Gasteiger partial charge is 0.309 e. The molecule has 0 aromatic heterocycles. The Balaban J connectivity index is 3.10. The molecule has 0 bridgehead atoms. The Bertz CT molecular complexity index is 410. The summed E-state index contributed by atoms with van der Waals surface area (Å²) in [7, 11) is 1.52. The molecule has 0 saturated carbocycles. The van der Waals surface area contributed by atoms with Gasteiger partial charge in [0.05, 0.1) is 19.1 Å². The highest BCUT2D eigenvalue weighted by molar-refractivity contribution is 5.74. The summed E-state index contributed by atoms with van der Waals surface area (Å²) in [4.78, 5) is 11.1. The van der Waals surface area contributed by atoms with E-state index in [1.807, 2.05) is 6.07 Å². The van der Waals surface area contributed by atoms with Crippen molar-refractivity contribution in [3.63, 3.8) is 0 Å². The van der Waals surface area contributed by atoms with Crippen LogP contribution in [0, 0.1) is 5.41 Å². The van der Waals surface area contributed by atoms with Gasteiger partial charge in [-0.2, -0.15) is 0 Å². The third kappa shape index (κ3) is 2.97. The van der Waals surface area contributed by atoms with Crippen LogP contribution in [0.2, 0.25) is 0 Å². The van der Waals surface area contributed by atoms with E-state index >= 15 is 0 Å². The Morgan fingerprint density at radius 1 is 1.35 bits per heavy atom. The van der Waals surface area contributed by atoms with Gasteiger partial charge in [0.15, 0.2) is 0 Å². The van der Waals surface area contributed by atoms with Gasteiger partial charge in [-0.25, -0.2) is 0 Å². The predicted octanol–water partition coefficient (Wildman–Crippen LogP) is 1.84. The Hall–Kier alpha value is -1.55. The summed E-state index contributed by atoms with van der Waals surface area (Å²) >= 11 is 0. The van der Waals surface area contributed by atoms with Gasteiger partial charge < -0.3 is 14.9 Å². The zero-order chi connectivity index (χ0) is 13.1. The number of methoxy groups -OCH3 is 1. The van der Waals surface area contributed by atoms with Crippen LogP contribution >= 0.6 is 0 Å². The summed E-state index contributed by atoms with van der Waals surface area (Å²) in [5.74, 6) is -0.279. The quantitative estimate of drug-likeness (QED) is 0.821. The van der Waals surface area contributed by atoms with Gasteiger partial charge in [0.2, 0.25) is 0 Å². The number of para-hydroxylation sites is 1. The number of aliphatic hydroxyl groups excluding tert-OH is 1. The van der Waals surface area contributed by atoms with Crippen LogP contribution in [-0.2, 0) is 17.8 Å². The fourth-order valence-electron chi connectivity index (χ4n) is 1.72.